The van der Waals surface area contributed by atoms with Gasteiger partial charge in [-0.2, -0.15) is 0 Å². The van der Waals surface area contributed by atoms with E-state index in [0.29, 0.717) is 0 Å². The fraction of sp³-hybridized carbons (Fsp3) is 0.118. The van der Waals surface area contributed by atoms with Crippen LogP contribution in [0.5, 0.6) is 0 Å². The van der Waals surface area contributed by atoms with Crippen molar-refractivity contribution in [2.75, 3.05) is 15.6 Å². The third-order valence-electron chi connectivity index (χ3n) is 3.49. The van der Waals surface area contributed by atoms with Gasteiger partial charge in [-0.15, -0.1) is 5.53 Å². The van der Waals surface area contributed by atoms with Gasteiger partial charge in [0.15, 0.2) is 0 Å². The summed E-state index contributed by atoms with van der Waals surface area (Å²) in [6.07, 6.45) is 1.95. The van der Waals surface area contributed by atoms with E-state index in [0.717, 1.165) is 28.3 Å². The van der Waals surface area contributed by atoms with Crippen molar-refractivity contribution in [2.45, 2.75) is 13.8 Å². The van der Waals surface area contributed by atoms with E-state index >= 15 is 0 Å². The largest absolute Gasteiger partial charge is 0.323 e. The monoisotopic (exact) mass is 309 g/mol. The Hall–Kier alpha value is -2.99. The molecular weight excluding hydrogens is 290 g/mol. The number of benzene rings is 2. The van der Waals surface area contributed by atoms with Crippen molar-refractivity contribution < 1.29 is 4.79 Å². The predicted octanol–water partition coefficient (Wildman–Crippen LogP) is 3.33. The molecule has 4 N–H and O–H groups in total. The second-order valence-corrected chi connectivity index (χ2v) is 5.36. The third kappa shape index (κ3) is 3.61. The van der Waals surface area contributed by atoms with Gasteiger partial charge in [0.25, 0.3) is 0 Å². The number of nitrogens with zero attached hydrogens (tertiary/aromatic N) is 1. The molecule has 1 aliphatic heterocycles. The Bertz CT molecular complexity index is 739. The number of hydrogen-bond acceptors (Lipinski definition) is 4. The highest BCUT2D eigenvalue weighted by Gasteiger charge is 2.10. The molecule has 0 saturated carbocycles. The first-order valence-corrected chi connectivity index (χ1v) is 7.35. The van der Waals surface area contributed by atoms with Crippen molar-refractivity contribution in [2.24, 2.45) is 0 Å². The van der Waals surface area contributed by atoms with Crippen LogP contribution in [0.4, 0.5) is 21.9 Å². The van der Waals surface area contributed by atoms with Crippen LogP contribution in [0.1, 0.15) is 12.5 Å². The van der Waals surface area contributed by atoms with Gasteiger partial charge in [0, 0.05) is 23.3 Å². The van der Waals surface area contributed by atoms with Crippen molar-refractivity contribution in [1.29, 1.82) is 0 Å². The molecule has 2 aromatic rings. The first kappa shape index (κ1) is 14.9. The maximum atomic E-state index is 12.1. The number of allylic oxidation sites excluding steroid dienone is 1. The summed E-state index contributed by atoms with van der Waals surface area (Å²) < 4.78 is 0. The number of amides is 2. The molecule has 0 aromatic heterocycles. The lowest BCUT2D eigenvalue weighted by atomic mass is 10.2. The number of carbonyl (C=O) groups excluding carboxylic acids is 1. The minimum atomic E-state index is -0.260. The molecule has 23 heavy (non-hydrogen) atoms. The standard InChI is InChI=1S/C17H19N5O/c1-12-5-3-4-6-16(12)19-17(23)18-14-7-9-15(10-8-14)22-11-13(2)20-21-22/h3-11,20-21H,1-2H3,(H2,18,19,23). The normalized spacial score (nSPS) is 13.3. The number of aryl methyl sites for hydroxylation is 1. The molecular formula is C17H19N5O. The van der Waals surface area contributed by atoms with E-state index in [1.165, 1.54) is 0 Å². The maximum Gasteiger partial charge on any atom is 0.323 e. The van der Waals surface area contributed by atoms with Crippen LogP contribution in [0.3, 0.4) is 0 Å². The van der Waals surface area contributed by atoms with E-state index < -0.39 is 0 Å². The van der Waals surface area contributed by atoms with Gasteiger partial charge in [-0.1, -0.05) is 18.2 Å². The zero-order valence-electron chi connectivity index (χ0n) is 13.1. The molecule has 0 radical (unpaired) electrons. The summed E-state index contributed by atoms with van der Waals surface area (Å²) >= 11 is 0. The van der Waals surface area contributed by atoms with Crippen LogP contribution < -0.4 is 26.6 Å². The van der Waals surface area contributed by atoms with E-state index in [2.05, 4.69) is 21.6 Å². The molecule has 0 unspecified atom stereocenters. The van der Waals surface area contributed by atoms with Gasteiger partial charge in [0.2, 0.25) is 0 Å². The van der Waals surface area contributed by atoms with E-state index in [1.54, 1.807) is 0 Å². The Morgan fingerprint density at radius 1 is 1.00 bits per heavy atom. The zero-order chi connectivity index (χ0) is 16.2. The first-order chi connectivity index (χ1) is 11.1. The van der Waals surface area contributed by atoms with Crippen LogP contribution in [-0.2, 0) is 0 Å². The highest BCUT2D eigenvalue weighted by Crippen LogP contribution is 2.19. The predicted molar refractivity (Wildman–Crippen MR) is 92.8 cm³/mol. The molecule has 0 aliphatic carbocycles. The summed E-state index contributed by atoms with van der Waals surface area (Å²) in [5.74, 6) is 0. The summed E-state index contributed by atoms with van der Waals surface area (Å²) in [6.45, 7) is 3.93. The maximum absolute atomic E-state index is 12.1. The van der Waals surface area contributed by atoms with Crippen molar-refractivity contribution in [3.05, 3.63) is 66.0 Å². The Kier molecular flexibility index (Phi) is 4.16. The molecule has 6 nitrogen and oxygen atoms in total. The lowest BCUT2D eigenvalue weighted by molar-refractivity contribution is 0.262. The fourth-order valence-electron chi connectivity index (χ4n) is 2.25. The highest BCUT2D eigenvalue weighted by molar-refractivity contribution is 6.00. The molecule has 0 fully saturated rings. The Labute approximate surface area is 135 Å². The van der Waals surface area contributed by atoms with E-state index in [4.69, 9.17) is 0 Å². The summed E-state index contributed by atoms with van der Waals surface area (Å²) in [5, 5.41) is 7.53. The summed E-state index contributed by atoms with van der Waals surface area (Å²) in [4.78, 5) is 12.1. The fourth-order valence-corrected chi connectivity index (χ4v) is 2.25. The SMILES string of the molecule is CC1=CN(c2ccc(NC(=O)Nc3ccccc3C)cc2)NN1. The Balaban J connectivity index is 1.62. The molecule has 2 aromatic carbocycles. The average molecular weight is 309 g/mol. The molecule has 0 atom stereocenters. The third-order valence-corrected chi connectivity index (χ3v) is 3.49. The van der Waals surface area contributed by atoms with Crippen molar-refractivity contribution in [3.8, 4) is 0 Å². The molecule has 0 bridgehead atoms. The smallest absolute Gasteiger partial charge is 0.308 e. The summed E-state index contributed by atoms with van der Waals surface area (Å²) in [7, 11) is 0. The topological polar surface area (TPSA) is 68.4 Å². The van der Waals surface area contributed by atoms with Crippen molar-refractivity contribution >= 4 is 23.1 Å². The summed E-state index contributed by atoms with van der Waals surface area (Å²) in [6, 6.07) is 15.0. The molecule has 6 heteroatoms. The lowest BCUT2D eigenvalue weighted by Gasteiger charge is -2.16. The van der Waals surface area contributed by atoms with Crippen molar-refractivity contribution in [3.63, 3.8) is 0 Å². The molecule has 1 aliphatic rings. The highest BCUT2D eigenvalue weighted by atomic mass is 16.2. The average Bonchev–Trinajstić information content (AvgIpc) is 2.97. The van der Waals surface area contributed by atoms with Crippen LogP contribution in [0.2, 0.25) is 0 Å². The lowest BCUT2D eigenvalue weighted by Crippen LogP contribution is -2.36. The van der Waals surface area contributed by atoms with Gasteiger partial charge in [-0.3, -0.25) is 5.01 Å². The van der Waals surface area contributed by atoms with Crippen LogP contribution in [-0.4, -0.2) is 6.03 Å². The number of rotatable bonds is 3. The van der Waals surface area contributed by atoms with E-state index in [1.807, 2.05) is 73.6 Å². The zero-order valence-corrected chi connectivity index (χ0v) is 13.1. The number of nitrogens with one attached hydrogen (secondary N) is 4. The quantitative estimate of drug-likeness (QED) is 0.702. The molecule has 0 saturated heterocycles. The number of hydrazine groups is 2. The van der Waals surface area contributed by atoms with Crippen LogP contribution in [0, 0.1) is 6.92 Å². The van der Waals surface area contributed by atoms with Gasteiger partial charge in [-0.25, -0.2) is 4.79 Å². The Morgan fingerprint density at radius 3 is 2.39 bits per heavy atom. The molecule has 1 heterocycles. The molecule has 118 valence electrons. The van der Waals surface area contributed by atoms with Crippen LogP contribution >= 0.6 is 0 Å². The van der Waals surface area contributed by atoms with Gasteiger partial charge < -0.3 is 16.1 Å². The number of urea groups is 1. The number of carbonyl (C=O) groups is 1. The van der Waals surface area contributed by atoms with Gasteiger partial charge >= 0.3 is 6.03 Å². The van der Waals surface area contributed by atoms with Crippen LogP contribution in [0.25, 0.3) is 0 Å². The van der Waals surface area contributed by atoms with E-state index in [-0.39, 0.29) is 6.03 Å². The van der Waals surface area contributed by atoms with Gasteiger partial charge in [0.1, 0.15) is 0 Å². The number of para-hydroxylation sites is 1. The number of hydrogen-bond donors (Lipinski definition) is 4. The minimum absolute atomic E-state index is 0.260. The van der Waals surface area contributed by atoms with Gasteiger partial charge in [0.05, 0.1) is 5.69 Å². The minimum Gasteiger partial charge on any atom is -0.308 e. The van der Waals surface area contributed by atoms with Gasteiger partial charge in [-0.05, 0) is 49.7 Å². The second-order valence-electron chi connectivity index (χ2n) is 5.36. The Morgan fingerprint density at radius 2 is 1.74 bits per heavy atom. The summed E-state index contributed by atoms with van der Waals surface area (Å²) in [5.41, 5.74) is 10.6. The number of anilines is 3. The van der Waals surface area contributed by atoms with Crippen molar-refractivity contribution in [1.82, 2.24) is 11.0 Å². The second kappa shape index (κ2) is 6.41. The molecule has 0 spiro atoms. The molecule has 2 amide bonds. The molecule has 3 rings (SSSR count). The van der Waals surface area contributed by atoms with Crippen LogP contribution in [0.15, 0.2) is 60.4 Å². The first-order valence-electron chi connectivity index (χ1n) is 7.35. The van der Waals surface area contributed by atoms with E-state index in [9.17, 15) is 4.79 Å².